The van der Waals surface area contributed by atoms with Crippen LogP contribution in [0.1, 0.15) is 0 Å². The SMILES string of the molecule is OB(c1ccc(-c2c(F)ccc3ccccc23)cc1)c1ccc(-c2c(F)ccc3ccccc23)cc1. The summed E-state index contributed by atoms with van der Waals surface area (Å²) >= 11 is 0. The fourth-order valence-electron chi connectivity index (χ4n) is 4.93. The third kappa shape index (κ3) is 3.86. The normalized spacial score (nSPS) is 11.2. The Morgan fingerprint density at radius 3 is 1.25 bits per heavy atom. The monoisotopic (exact) mass is 470 g/mol. The summed E-state index contributed by atoms with van der Waals surface area (Å²) in [4.78, 5) is 0. The van der Waals surface area contributed by atoms with E-state index in [0.717, 1.165) is 32.7 Å². The van der Waals surface area contributed by atoms with E-state index in [1.807, 2.05) is 97.1 Å². The standard InChI is InChI=1S/C32H21BF2O/c34-29-19-13-21-5-1-3-7-27(21)31(29)23-9-15-25(16-10-23)33(36)26-17-11-24(12-18-26)32-28-8-4-2-6-22(28)14-20-30(32)35/h1-20,36H. The van der Waals surface area contributed by atoms with Crippen molar-refractivity contribution in [3.05, 3.63) is 133 Å². The van der Waals surface area contributed by atoms with Gasteiger partial charge in [0.1, 0.15) is 11.6 Å². The predicted octanol–water partition coefficient (Wildman–Crippen LogP) is 6.70. The highest BCUT2D eigenvalue weighted by atomic mass is 19.1. The van der Waals surface area contributed by atoms with Gasteiger partial charge in [-0.15, -0.1) is 0 Å². The third-order valence-electron chi connectivity index (χ3n) is 6.79. The lowest BCUT2D eigenvalue weighted by Crippen LogP contribution is -2.42. The van der Waals surface area contributed by atoms with Crippen LogP contribution in [0, 0.1) is 11.6 Å². The Kier molecular flexibility index (Phi) is 5.59. The van der Waals surface area contributed by atoms with Crippen molar-refractivity contribution in [2.75, 3.05) is 0 Å². The van der Waals surface area contributed by atoms with Gasteiger partial charge in [0, 0.05) is 11.1 Å². The Morgan fingerprint density at radius 1 is 0.444 bits per heavy atom. The summed E-state index contributed by atoms with van der Waals surface area (Å²) in [7, 11) is 0. The molecule has 1 N–H and O–H groups in total. The number of fused-ring (bicyclic) bond motifs is 2. The van der Waals surface area contributed by atoms with E-state index in [1.54, 1.807) is 12.1 Å². The zero-order valence-corrected chi connectivity index (χ0v) is 19.3. The molecule has 0 bridgehead atoms. The lowest BCUT2D eigenvalue weighted by molar-refractivity contribution is 0.600. The molecule has 0 saturated heterocycles. The molecular weight excluding hydrogens is 449 g/mol. The Hall–Kier alpha value is -4.28. The number of rotatable bonds is 4. The van der Waals surface area contributed by atoms with Crippen molar-refractivity contribution in [1.29, 1.82) is 0 Å². The van der Waals surface area contributed by atoms with Crippen LogP contribution >= 0.6 is 0 Å². The van der Waals surface area contributed by atoms with E-state index < -0.39 is 6.92 Å². The lowest BCUT2D eigenvalue weighted by Gasteiger charge is -2.12. The quantitative estimate of drug-likeness (QED) is 0.284. The summed E-state index contributed by atoms with van der Waals surface area (Å²) in [5.41, 5.74) is 4.00. The first-order chi connectivity index (χ1) is 17.6. The van der Waals surface area contributed by atoms with Gasteiger partial charge in [0.05, 0.1) is 0 Å². The highest BCUT2D eigenvalue weighted by Crippen LogP contribution is 2.32. The molecule has 6 aromatic carbocycles. The summed E-state index contributed by atoms with van der Waals surface area (Å²) in [5, 5.41) is 14.7. The van der Waals surface area contributed by atoms with Crippen LogP contribution in [0.4, 0.5) is 8.78 Å². The zero-order valence-electron chi connectivity index (χ0n) is 19.3. The molecule has 1 nitrogen and oxygen atoms in total. The average Bonchev–Trinajstić information content (AvgIpc) is 2.93. The first-order valence-electron chi connectivity index (χ1n) is 11.8. The maximum Gasteiger partial charge on any atom is 0.358 e. The van der Waals surface area contributed by atoms with Gasteiger partial charge in [-0.1, -0.05) is 109 Å². The second-order valence-corrected chi connectivity index (χ2v) is 8.93. The summed E-state index contributed by atoms with van der Waals surface area (Å²) in [5.74, 6) is -0.559. The molecule has 0 aliphatic rings. The van der Waals surface area contributed by atoms with Gasteiger partial charge in [0.25, 0.3) is 0 Å². The first kappa shape index (κ1) is 22.2. The summed E-state index contributed by atoms with van der Waals surface area (Å²) in [6.45, 7) is -0.858. The fraction of sp³-hybridized carbons (Fsp3) is 0. The summed E-state index contributed by atoms with van der Waals surface area (Å²) < 4.78 is 29.5. The van der Waals surface area contributed by atoms with Crippen molar-refractivity contribution in [2.24, 2.45) is 0 Å². The maximum atomic E-state index is 14.8. The van der Waals surface area contributed by atoms with Crippen molar-refractivity contribution >= 4 is 39.4 Å². The van der Waals surface area contributed by atoms with Crippen LogP contribution in [0.5, 0.6) is 0 Å². The first-order valence-corrected chi connectivity index (χ1v) is 11.8. The molecule has 6 rings (SSSR count). The minimum absolute atomic E-state index is 0.279. The van der Waals surface area contributed by atoms with Gasteiger partial charge in [0.15, 0.2) is 0 Å². The molecule has 0 heterocycles. The van der Waals surface area contributed by atoms with Crippen molar-refractivity contribution in [3.8, 4) is 22.3 Å². The van der Waals surface area contributed by atoms with Gasteiger partial charge < -0.3 is 5.02 Å². The number of halogens is 2. The molecule has 0 aliphatic carbocycles. The number of benzene rings is 6. The highest BCUT2D eigenvalue weighted by Gasteiger charge is 2.19. The van der Waals surface area contributed by atoms with Crippen LogP contribution in [0.15, 0.2) is 121 Å². The van der Waals surface area contributed by atoms with E-state index >= 15 is 0 Å². The summed E-state index contributed by atoms with van der Waals surface area (Å²) in [6.07, 6.45) is 0. The predicted molar refractivity (Wildman–Crippen MR) is 146 cm³/mol. The Balaban J connectivity index is 1.31. The molecule has 0 radical (unpaired) electrons. The van der Waals surface area contributed by atoms with E-state index in [9.17, 15) is 13.8 Å². The Bertz CT molecular complexity index is 1580. The van der Waals surface area contributed by atoms with E-state index in [4.69, 9.17) is 0 Å². The number of hydrogen-bond acceptors (Lipinski definition) is 1. The van der Waals surface area contributed by atoms with Crippen LogP contribution < -0.4 is 10.9 Å². The van der Waals surface area contributed by atoms with E-state index in [2.05, 4.69) is 0 Å². The minimum atomic E-state index is -0.858. The van der Waals surface area contributed by atoms with Gasteiger partial charge in [-0.25, -0.2) is 8.78 Å². The molecule has 0 amide bonds. The smallest absolute Gasteiger partial charge is 0.358 e. The van der Waals surface area contributed by atoms with E-state index in [-0.39, 0.29) is 11.6 Å². The third-order valence-corrected chi connectivity index (χ3v) is 6.79. The molecule has 172 valence electrons. The van der Waals surface area contributed by atoms with Crippen molar-refractivity contribution in [2.45, 2.75) is 0 Å². The van der Waals surface area contributed by atoms with E-state index in [1.165, 1.54) is 12.1 Å². The molecule has 0 fully saturated rings. The second-order valence-electron chi connectivity index (χ2n) is 8.93. The largest absolute Gasteiger partial charge is 0.443 e. The fourth-order valence-corrected chi connectivity index (χ4v) is 4.93. The van der Waals surface area contributed by atoms with Crippen LogP contribution in [-0.2, 0) is 0 Å². The molecule has 6 aromatic rings. The van der Waals surface area contributed by atoms with Crippen LogP contribution in [0.3, 0.4) is 0 Å². The molecule has 0 aliphatic heterocycles. The minimum Gasteiger partial charge on any atom is -0.443 e. The molecule has 36 heavy (non-hydrogen) atoms. The van der Waals surface area contributed by atoms with Crippen LogP contribution in [0.25, 0.3) is 43.8 Å². The van der Waals surface area contributed by atoms with Gasteiger partial charge >= 0.3 is 6.92 Å². The van der Waals surface area contributed by atoms with Crippen molar-refractivity contribution < 1.29 is 13.8 Å². The van der Waals surface area contributed by atoms with Gasteiger partial charge in [0.2, 0.25) is 0 Å². The highest BCUT2D eigenvalue weighted by molar-refractivity contribution is 6.78. The topological polar surface area (TPSA) is 20.2 Å². The van der Waals surface area contributed by atoms with Crippen LogP contribution in [-0.4, -0.2) is 11.9 Å². The second kappa shape index (κ2) is 9.06. The molecule has 4 heteroatoms. The maximum absolute atomic E-state index is 14.8. The molecule has 0 unspecified atom stereocenters. The van der Waals surface area contributed by atoms with Gasteiger partial charge in [-0.05, 0) is 55.7 Å². The Labute approximate surface area is 208 Å². The van der Waals surface area contributed by atoms with Crippen molar-refractivity contribution in [1.82, 2.24) is 0 Å². The summed E-state index contributed by atoms with van der Waals surface area (Å²) in [6, 6.07) is 36.6. The zero-order chi connectivity index (χ0) is 24.6. The molecule has 0 aromatic heterocycles. The van der Waals surface area contributed by atoms with Crippen molar-refractivity contribution in [3.63, 3.8) is 0 Å². The molecule has 0 spiro atoms. The molecular formula is C32H21BF2O. The average molecular weight is 470 g/mol. The molecule has 0 atom stereocenters. The Morgan fingerprint density at radius 2 is 0.833 bits per heavy atom. The molecule has 0 saturated carbocycles. The van der Waals surface area contributed by atoms with E-state index in [0.29, 0.717) is 22.1 Å². The van der Waals surface area contributed by atoms with Crippen LogP contribution in [0.2, 0.25) is 0 Å². The lowest BCUT2D eigenvalue weighted by atomic mass is 9.56. The van der Waals surface area contributed by atoms with Gasteiger partial charge in [-0.3, -0.25) is 0 Å². The van der Waals surface area contributed by atoms with Gasteiger partial charge in [-0.2, -0.15) is 0 Å². The number of hydrogen-bond donors (Lipinski definition) is 1.